The van der Waals surface area contributed by atoms with Crippen LogP contribution in [-0.4, -0.2) is 46.9 Å². The molecule has 122 valence electrons. The lowest BCUT2D eigenvalue weighted by Gasteiger charge is -2.27. The van der Waals surface area contributed by atoms with Gasteiger partial charge < -0.3 is 10.1 Å². The molecule has 1 saturated heterocycles. The summed E-state index contributed by atoms with van der Waals surface area (Å²) in [7, 11) is 1.83. The fourth-order valence-corrected chi connectivity index (χ4v) is 2.64. The van der Waals surface area contributed by atoms with Crippen LogP contribution in [0.2, 0.25) is 0 Å². The third kappa shape index (κ3) is 3.78. The molecule has 0 spiro atoms. The van der Waals surface area contributed by atoms with Crippen molar-refractivity contribution in [1.29, 1.82) is 0 Å². The van der Waals surface area contributed by atoms with Crippen LogP contribution in [-0.2, 0) is 18.3 Å². The van der Waals surface area contributed by atoms with Crippen molar-refractivity contribution in [1.82, 2.24) is 14.7 Å². The van der Waals surface area contributed by atoms with Crippen molar-refractivity contribution in [3.05, 3.63) is 47.3 Å². The minimum absolute atomic E-state index is 0.178. The molecule has 0 radical (unpaired) electrons. The van der Waals surface area contributed by atoms with E-state index in [1.807, 2.05) is 32.2 Å². The molecule has 0 aliphatic carbocycles. The van der Waals surface area contributed by atoms with E-state index in [2.05, 4.69) is 21.4 Å². The average Bonchev–Trinajstić information content (AvgIpc) is 2.90. The van der Waals surface area contributed by atoms with Crippen LogP contribution < -0.4 is 5.32 Å². The maximum absolute atomic E-state index is 12.4. The third-order valence-corrected chi connectivity index (χ3v) is 4.11. The van der Waals surface area contributed by atoms with E-state index in [1.165, 1.54) is 0 Å². The molecule has 6 nitrogen and oxygen atoms in total. The number of anilines is 1. The summed E-state index contributed by atoms with van der Waals surface area (Å²) in [5, 5.41) is 7.21. The molecule has 1 N–H and O–H groups in total. The lowest BCUT2D eigenvalue weighted by atomic mass is 10.1. The lowest BCUT2D eigenvalue weighted by molar-refractivity contribution is 0.0342. The Morgan fingerprint density at radius 1 is 1.30 bits per heavy atom. The first kappa shape index (κ1) is 15.7. The fourth-order valence-electron chi connectivity index (χ4n) is 2.64. The second-order valence-electron chi connectivity index (χ2n) is 5.79. The molecule has 1 aliphatic rings. The zero-order valence-electron chi connectivity index (χ0n) is 13.6. The van der Waals surface area contributed by atoms with Gasteiger partial charge in [-0.2, -0.15) is 5.10 Å². The van der Waals surface area contributed by atoms with Gasteiger partial charge in [0.1, 0.15) is 0 Å². The Kier molecular flexibility index (Phi) is 4.73. The predicted octanol–water partition coefficient (Wildman–Crippen LogP) is 1.81. The Hall–Kier alpha value is -2.18. The van der Waals surface area contributed by atoms with E-state index in [0.29, 0.717) is 5.69 Å². The molecule has 1 aromatic carbocycles. The first-order valence-electron chi connectivity index (χ1n) is 7.83. The van der Waals surface area contributed by atoms with Crippen molar-refractivity contribution < 1.29 is 9.53 Å². The van der Waals surface area contributed by atoms with Gasteiger partial charge in [0, 0.05) is 38.1 Å². The molecule has 1 amide bonds. The van der Waals surface area contributed by atoms with Crippen LogP contribution in [0.15, 0.2) is 30.3 Å². The normalized spacial score (nSPS) is 15.6. The summed E-state index contributed by atoms with van der Waals surface area (Å²) in [6.45, 7) is 6.10. The van der Waals surface area contributed by atoms with E-state index >= 15 is 0 Å². The number of hydrogen-bond acceptors (Lipinski definition) is 4. The molecular weight excluding hydrogens is 292 g/mol. The Labute approximate surface area is 136 Å². The number of amides is 1. The third-order valence-electron chi connectivity index (χ3n) is 4.11. The molecule has 0 unspecified atom stereocenters. The monoisotopic (exact) mass is 314 g/mol. The van der Waals surface area contributed by atoms with Gasteiger partial charge in [0.25, 0.3) is 5.91 Å². The molecule has 0 saturated carbocycles. The second kappa shape index (κ2) is 6.93. The minimum atomic E-state index is -0.178. The van der Waals surface area contributed by atoms with Gasteiger partial charge in [-0.3, -0.25) is 14.4 Å². The van der Waals surface area contributed by atoms with Crippen LogP contribution >= 0.6 is 0 Å². The maximum atomic E-state index is 12.4. The number of benzene rings is 1. The number of carbonyl (C=O) groups is 1. The van der Waals surface area contributed by atoms with Crippen molar-refractivity contribution in [2.45, 2.75) is 13.5 Å². The van der Waals surface area contributed by atoms with Gasteiger partial charge in [-0.05, 0) is 24.6 Å². The van der Waals surface area contributed by atoms with Gasteiger partial charge in [-0.1, -0.05) is 18.2 Å². The Bertz CT molecular complexity index is 670. The first-order chi connectivity index (χ1) is 11.1. The van der Waals surface area contributed by atoms with Crippen LogP contribution in [0.3, 0.4) is 0 Å². The number of para-hydroxylation sites is 1. The fraction of sp³-hybridized carbons (Fsp3) is 0.412. The minimum Gasteiger partial charge on any atom is -0.379 e. The Morgan fingerprint density at radius 3 is 2.74 bits per heavy atom. The standard InChI is InChI=1S/C17H22N4O2/c1-13-11-16(19-20(13)2)17(22)18-15-6-4-3-5-14(15)12-21-7-9-23-10-8-21/h3-6,11H,7-10,12H2,1-2H3,(H,18,22). The van der Waals surface area contributed by atoms with E-state index in [1.54, 1.807) is 10.7 Å². The van der Waals surface area contributed by atoms with E-state index in [-0.39, 0.29) is 5.91 Å². The number of aromatic nitrogens is 2. The zero-order chi connectivity index (χ0) is 16.2. The predicted molar refractivity (Wildman–Crippen MR) is 88.4 cm³/mol. The van der Waals surface area contributed by atoms with Crippen molar-refractivity contribution in [3.63, 3.8) is 0 Å². The highest BCUT2D eigenvalue weighted by molar-refractivity contribution is 6.03. The van der Waals surface area contributed by atoms with Crippen LogP contribution in [0, 0.1) is 6.92 Å². The smallest absolute Gasteiger partial charge is 0.276 e. The maximum Gasteiger partial charge on any atom is 0.276 e. The highest BCUT2D eigenvalue weighted by Gasteiger charge is 2.15. The second-order valence-corrected chi connectivity index (χ2v) is 5.79. The largest absolute Gasteiger partial charge is 0.379 e. The number of ether oxygens (including phenoxy) is 1. The van der Waals surface area contributed by atoms with Crippen LogP contribution in [0.5, 0.6) is 0 Å². The van der Waals surface area contributed by atoms with Crippen molar-refractivity contribution in [3.8, 4) is 0 Å². The summed E-state index contributed by atoms with van der Waals surface area (Å²) in [5.41, 5.74) is 3.34. The van der Waals surface area contributed by atoms with Crippen LogP contribution in [0.1, 0.15) is 21.7 Å². The number of nitrogens with one attached hydrogen (secondary N) is 1. The Balaban J connectivity index is 1.73. The molecule has 2 aromatic rings. The topological polar surface area (TPSA) is 59.4 Å². The molecule has 1 aliphatic heterocycles. The van der Waals surface area contributed by atoms with E-state index < -0.39 is 0 Å². The number of rotatable bonds is 4. The van der Waals surface area contributed by atoms with Gasteiger partial charge in [0.05, 0.1) is 13.2 Å². The van der Waals surface area contributed by atoms with Gasteiger partial charge in [-0.25, -0.2) is 0 Å². The van der Waals surface area contributed by atoms with Gasteiger partial charge in [0.15, 0.2) is 5.69 Å². The van der Waals surface area contributed by atoms with E-state index in [4.69, 9.17) is 4.74 Å². The number of carbonyl (C=O) groups excluding carboxylic acids is 1. The molecule has 23 heavy (non-hydrogen) atoms. The molecule has 1 aromatic heterocycles. The van der Waals surface area contributed by atoms with Gasteiger partial charge >= 0.3 is 0 Å². The van der Waals surface area contributed by atoms with Crippen LogP contribution in [0.25, 0.3) is 0 Å². The van der Waals surface area contributed by atoms with Crippen molar-refractivity contribution in [2.75, 3.05) is 31.6 Å². The summed E-state index contributed by atoms with van der Waals surface area (Å²) in [5.74, 6) is -0.178. The van der Waals surface area contributed by atoms with E-state index in [0.717, 1.165) is 49.8 Å². The molecule has 2 heterocycles. The van der Waals surface area contributed by atoms with E-state index in [9.17, 15) is 4.79 Å². The summed E-state index contributed by atoms with van der Waals surface area (Å²) >= 11 is 0. The SMILES string of the molecule is Cc1cc(C(=O)Nc2ccccc2CN2CCOCC2)nn1C. The molecule has 3 rings (SSSR count). The first-order valence-corrected chi connectivity index (χ1v) is 7.83. The molecule has 0 bridgehead atoms. The number of hydrogen-bond donors (Lipinski definition) is 1. The van der Waals surface area contributed by atoms with Gasteiger partial charge in [0.2, 0.25) is 0 Å². The zero-order valence-corrected chi connectivity index (χ0v) is 13.6. The van der Waals surface area contributed by atoms with Crippen LogP contribution in [0.4, 0.5) is 5.69 Å². The highest BCUT2D eigenvalue weighted by atomic mass is 16.5. The summed E-state index contributed by atoms with van der Waals surface area (Å²) < 4.78 is 7.08. The summed E-state index contributed by atoms with van der Waals surface area (Å²) in [6.07, 6.45) is 0. The summed E-state index contributed by atoms with van der Waals surface area (Å²) in [6, 6.07) is 9.70. The summed E-state index contributed by atoms with van der Waals surface area (Å²) in [4.78, 5) is 14.7. The molecule has 1 fully saturated rings. The number of aryl methyl sites for hydroxylation is 2. The van der Waals surface area contributed by atoms with Gasteiger partial charge in [-0.15, -0.1) is 0 Å². The quantitative estimate of drug-likeness (QED) is 0.935. The number of morpholine rings is 1. The molecular formula is C17H22N4O2. The molecule has 6 heteroatoms. The van der Waals surface area contributed by atoms with Crippen molar-refractivity contribution in [2.24, 2.45) is 7.05 Å². The molecule has 0 atom stereocenters. The number of nitrogens with zero attached hydrogens (tertiary/aromatic N) is 3. The van der Waals surface area contributed by atoms with Crippen molar-refractivity contribution >= 4 is 11.6 Å². The lowest BCUT2D eigenvalue weighted by Crippen LogP contribution is -2.35. The highest BCUT2D eigenvalue weighted by Crippen LogP contribution is 2.19. The average molecular weight is 314 g/mol. The Morgan fingerprint density at radius 2 is 2.04 bits per heavy atom.